The number of hydrogen-bond donors (Lipinski definition) is 2. The summed E-state index contributed by atoms with van der Waals surface area (Å²) in [6.45, 7) is -1.46. The number of alkyl halides is 2. The summed E-state index contributed by atoms with van der Waals surface area (Å²) in [4.78, 5) is 9.87. The highest BCUT2D eigenvalue weighted by molar-refractivity contribution is 7.89. The predicted octanol–water partition coefficient (Wildman–Crippen LogP) is 1.08. The van der Waals surface area contributed by atoms with Crippen molar-refractivity contribution in [2.75, 3.05) is 19.8 Å². The molecule has 2 N–H and O–H groups in total. The minimum atomic E-state index is -4.22. The Kier molecular flexibility index (Phi) is 6.12. The van der Waals surface area contributed by atoms with E-state index in [0.717, 1.165) is 12.1 Å². The minimum Gasteiger partial charge on any atom is -0.478 e. The van der Waals surface area contributed by atoms with Crippen LogP contribution in [0.4, 0.5) is 13.2 Å². The van der Waals surface area contributed by atoms with Gasteiger partial charge < -0.3 is 9.84 Å². The van der Waals surface area contributed by atoms with E-state index in [1.807, 2.05) is 4.72 Å². The van der Waals surface area contributed by atoms with Crippen molar-refractivity contribution in [2.24, 2.45) is 0 Å². The molecule has 118 valence electrons. The molecule has 0 aliphatic rings. The number of rotatable bonds is 8. The first-order valence-electron chi connectivity index (χ1n) is 5.62. The fourth-order valence-electron chi connectivity index (χ4n) is 1.35. The van der Waals surface area contributed by atoms with Crippen LogP contribution in [0.25, 0.3) is 0 Å². The van der Waals surface area contributed by atoms with Crippen molar-refractivity contribution >= 4 is 16.0 Å². The first-order valence-corrected chi connectivity index (χ1v) is 7.11. The lowest BCUT2D eigenvalue weighted by molar-refractivity contribution is 0.0199. The van der Waals surface area contributed by atoms with Gasteiger partial charge in [-0.15, -0.1) is 0 Å². The number of sulfonamides is 1. The lowest BCUT2D eigenvalue weighted by atomic mass is 10.2. The molecule has 0 radical (unpaired) electrons. The molecular formula is C11H12F3NO5S. The van der Waals surface area contributed by atoms with Crippen LogP contribution in [0.1, 0.15) is 10.4 Å². The van der Waals surface area contributed by atoms with E-state index in [1.54, 1.807) is 0 Å². The molecule has 10 heteroatoms. The molecule has 0 unspecified atom stereocenters. The Bertz CT molecular complexity index is 606. The number of nitrogens with one attached hydrogen (secondary N) is 1. The van der Waals surface area contributed by atoms with Crippen molar-refractivity contribution in [3.8, 4) is 0 Å². The number of halogens is 3. The number of benzene rings is 1. The summed E-state index contributed by atoms with van der Waals surface area (Å²) in [5.41, 5.74) is -0.397. The summed E-state index contributed by atoms with van der Waals surface area (Å²) in [5, 5.41) is 8.64. The summed E-state index contributed by atoms with van der Waals surface area (Å²) >= 11 is 0. The van der Waals surface area contributed by atoms with Crippen molar-refractivity contribution in [1.82, 2.24) is 4.72 Å². The number of carboxylic acids is 1. The second kappa shape index (κ2) is 7.38. The summed E-state index contributed by atoms with van der Waals surface area (Å²) in [7, 11) is -4.22. The number of carboxylic acid groups (broad SMARTS) is 1. The van der Waals surface area contributed by atoms with Crippen LogP contribution in [0.2, 0.25) is 0 Å². The molecule has 0 saturated heterocycles. The van der Waals surface area contributed by atoms with Crippen LogP contribution in [0.15, 0.2) is 23.1 Å². The third-order valence-corrected chi connectivity index (χ3v) is 3.74. The van der Waals surface area contributed by atoms with Gasteiger partial charge in [0.2, 0.25) is 10.0 Å². The van der Waals surface area contributed by atoms with Crippen LogP contribution in [0.3, 0.4) is 0 Å². The fraction of sp³-hybridized carbons (Fsp3) is 0.364. The maximum absolute atomic E-state index is 13.6. The number of carbonyl (C=O) groups is 1. The van der Waals surface area contributed by atoms with Crippen LogP contribution in [0, 0.1) is 5.82 Å². The highest BCUT2D eigenvalue weighted by atomic mass is 32.2. The van der Waals surface area contributed by atoms with Crippen LogP contribution < -0.4 is 4.72 Å². The van der Waals surface area contributed by atoms with E-state index in [4.69, 9.17) is 5.11 Å². The highest BCUT2D eigenvalue weighted by Gasteiger charge is 2.20. The maximum Gasteiger partial charge on any atom is 0.335 e. The van der Waals surface area contributed by atoms with Crippen LogP contribution in [-0.4, -0.2) is 45.7 Å². The third kappa shape index (κ3) is 5.33. The molecule has 0 aliphatic heterocycles. The average molecular weight is 327 g/mol. The topological polar surface area (TPSA) is 92.7 Å². The molecule has 0 amide bonds. The summed E-state index contributed by atoms with van der Waals surface area (Å²) in [6, 6.07) is 2.32. The molecule has 6 nitrogen and oxygen atoms in total. The maximum atomic E-state index is 13.6. The van der Waals surface area contributed by atoms with Crippen molar-refractivity contribution in [3.05, 3.63) is 29.6 Å². The van der Waals surface area contributed by atoms with Gasteiger partial charge >= 0.3 is 5.97 Å². The molecule has 0 spiro atoms. The van der Waals surface area contributed by atoms with Gasteiger partial charge in [0.1, 0.15) is 17.3 Å². The van der Waals surface area contributed by atoms with Crippen LogP contribution in [-0.2, 0) is 14.8 Å². The third-order valence-electron chi connectivity index (χ3n) is 2.25. The average Bonchev–Trinajstić information content (AvgIpc) is 2.37. The fourth-order valence-corrected chi connectivity index (χ4v) is 2.42. The molecule has 0 fully saturated rings. The van der Waals surface area contributed by atoms with Gasteiger partial charge in [-0.3, -0.25) is 0 Å². The SMILES string of the molecule is O=C(O)c1ccc(S(=O)(=O)NCCOCC(F)F)c(F)c1. The van der Waals surface area contributed by atoms with Crippen LogP contribution in [0.5, 0.6) is 0 Å². The van der Waals surface area contributed by atoms with E-state index in [2.05, 4.69) is 4.74 Å². The lowest BCUT2D eigenvalue weighted by Gasteiger charge is -2.08. The van der Waals surface area contributed by atoms with Crippen molar-refractivity contribution in [2.45, 2.75) is 11.3 Å². The van der Waals surface area contributed by atoms with Gasteiger partial charge in [0, 0.05) is 6.54 Å². The largest absolute Gasteiger partial charge is 0.478 e. The Hall–Kier alpha value is -1.65. The molecule has 0 atom stereocenters. The summed E-state index contributed by atoms with van der Waals surface area (Å²) in [5.74, 6) is -2.62. The Morgan fingerprint density at radius 2 is 2.05 bits per heavy atom. The predicted molar refractivity (Wildman–Crippen MR) is 65.4 cm³/mol. The Morgan fingerprint density at radius 3 is 2.57 bits per heavy atom. The normalized spacial score (nSPS) is 11.8. The van der Waals surface area contributed by atoms with E-state index < -0.39 is 45.3 Å². The van der Waals surface area contributed by atoms with Gasteiger partial charge in [-0.05, 0) is 18.2 Å². The van der Waals surface area contributed by atoms with Gasteiger partial charge in [-0.1, -0.05) is 0 Å². The first kappa shape index (κ1) is 17.4. The molecule has 1 aromatic rings. The van der Waals surface area contributed by atoms with E-state index in [-0.39, 0.29) is 13.2 Å². The monoisotopic (exact) mass is 327 g/mol. The van der Waals surface area contributed by atoms with Gasteiger partial charge in [0.15, 0.2) is 0 Å². The number of aromatic carboxylic acids is 1. The van der Waals surface area contributed by atoms with Crippen LogP contribution >= 0.6 is 0 Å². The van der Waals surface area contributed by atoms with Crippen molar-refractivity contribution < 1.29 is 36.2 Å². The van der Waals surface area contributed by atoms with Crippen molar-refractivity contribution in [3.63, 3.8) is 0 Å². The second-order valence-electron chi connectivity index (χ2n) is 3.81. The molecule has 1 rings (SSSR count). The zero-order chi connectivity index (χ0) is 16.0. The summed E-state index contributed by atoms with van der Waals surface area (Å²) < 4.78 is 67.0. The van der Waals surface area contributed by atoms with E-state index in [1.165, 1.54) is 0 Å². The molecule has 0 heterocycles. The van der Waals surface area contributed by atoms with Gasteiger partial charge in [-0.25, -0.2) is 31.1 Å². The quantitative estimate of drug-likeness (QED) is 0.697. The molecule has 1 aromatic carbocycles. The van der Waals surface area contributed by atoms with Gasteiger partial charge in [0.25, 0.3) is 6.43 Å². The number of hydrogen-bond acceptors (Lipinski definition) is 4. The Labute approximate surface area is 118 Å². The highest BCUT2D eigenvalue weighted by Crippen LogP contribution is 2.15. The molecule has 0 aliphatic carbocycles. The smallest absolute Gasteiger partial charge is 0.335 e. The first-order chi connectivity index (χ1) is 9.74. The molecule has 21 heavy (non-hydrogen) atoms. The molecule has 0 aromatic heterocycles. The minimum absolute atomic E-state index is 0.307. The zero-order valence-corrected chi connectivity index (χ0v) is 11.4. The van der Waals surface area contributed by atoms with E-state index in [0.29, 0.717) is 6.07 Å². The van der Waals surface area contributed by atoms with E-state index >= 15 is 0 Å². The summed E-state index contributed by atoms with van der Waals surface area (Å²) in [6.07, 6.45) is -2.66. The van der Waals surface area contributed by atoms with Crippen molar-refractivity contribution in [1.29, 1.82) is 0 Å². The van der Waals surface area contributed by atoms with Gasteiger partial charge in [0.05, 0.1) is 12.2 Å². The second-order valence-corrected chi connectivity index (χ2v) is 5.55. The van der Waals surface area contributed by atoms with E-state index in [9.17, 15) is 26.4 Å². The zero-order valence-electron chi connectivity index (χ0n) is 10.6. The Morgan fingerprint density at radius 1 is 1.38 bits per heavy atom. The van der Waals surface area contributed by atoms with Gasteiger partial charge in [-0.2, -0.15) is 0 Å². The molecule has 0 saturated carbocycles. The Balaban J connectivity index is 2.68. The molecule has 0 bridgehead atoms. The molecular weight excluding hydrogens is 315 g/mol. The number of ether oxygens (including phenoxy) is 1. The standard InChI is InChI=1S/C11H12F3NO5S/c12-8-5-7(11(16)17)1-2-9(8)21(18,19)15-3-4-20-6-10(13)14/h1-2,5,10,15H,3-4,6H2,(H,16,17). The lowest BCUT2D eigenvalue weighted by Crippen LogP contribution is -2.28.